The van der Waals surface area contributed by atoms with Gasteiger partial charge in [0.25, 0.3) is 0 Å². The van der Waals surface area contributed by atoms with Crippen LogP contribution in [0.2, 0.25) is 15.1 Å². The highest BCUT2D eigenvalue weighted by Crippen LogP contribution is 2.39. The first-order valence-corrected chi connectivity index (χ1v) is 14.2. The van der Waals surface area contributed by atoms with Gasteiger partial charge in [-0.25, -0.2) is 4.98 Å². The van der Waals surface area contributed by atoms with Crippen LogP contribution in [0.3, 0.4) is 0 Å². The first-order valence-electron chi connectivity index (χ1n) is 13.1. The molecule has 0 radical (unpaired) electrons. The zero-order valence-electron chi connectivity index (χ0n) is 20.9. The van der Waals surface area contributed by atoms with Gasteiger partial charge in [-0.3, -0.25) is 9.59 Å². The molecule has 6 nitrogen and oxygen atoms in total. The molecule has 0 N–H and O–H groups in total. The Morgan fingerprint density at radius 3 is 2.24 bits per heavy atom. The van der Waals surface area contributed by atoms with Crippen molar-refractivity contribution in [3.63, 3.8) is 0 Å². The van der Waals surface area contributed by atoms with E-state index in [4.69, 9.17) is 39.5 Å². The molecule has 3 aliphatic rings. The van der Waals surface area contributed by atoms with Crippen LogP contribution in [-0.2, 0) is 9.59 Å². The van der Waals surface area contributed by atoms with Gasteiger partial charge in [-0.1, -0.05) is 47.3 Å². The molecular formula is C28H32Cl3N3O3. The smallest absolute Gasteiger partial charge is 0.225 e. The number of hydrogen-bond acceptors (Lipinski definition) is 4. The summed E-state index contributed by atoms with van der Waals surface area (Å²) in [7, 11) is 0. The molecule has 5 rings (SSSR count). The number of rotatable bonds is 6. The Kier molecular flexibility index (Phi) is 8.18. The molecule has 1 saturated carbocycles. The van der Waals surface area contributed by atoms with Crippen molar-refractivity contribution in [1.29, 1.82) is 0 Å². The summed E-state index contributed by atoms with van der Waals surface area (Å²) < 4.78 is 6.20. The molecule has 1 aliphatic carbocycles. The van der Waals surface area contributed by atoms with Gasteiger partial charge in [0.05, 0.1) is 15.1 Å². The molecule has 2 saturated heterocycles. The molecule has 3 fully saturated rings. The first kappa shape index (κ1) is 26.6. The second-order valence-electron chi connectivity index (χ2n) is 10.6. The third-order valence-corrected chi connectivity index (χ3v) is 9.23. The second-order valence-corrected chi connectivity index (χ2v) is 11.8. The summed E-state index contributed by atoms with van der Waals surface area (Å²) >= 11 is 18.5. The molecule has 3 unspecified atom stereocenters. The Labute approximate surface area is 233 Å². The van der Waals surface area contributed by atoms with Crippen LogP contribution in [0.25, 0.3) is 0 Å². The van der Waals surface area contributed by atoms with Crippen LogP contribution >= 0.6 is 34.8 Å². The van der Waals surface area contributed by atoms with Crippen LogP contribution in [0.4, 0.5) is 0 Å². The maximum absolute atomic E-state index is 13.6. The topological polar surface area (TPSA) is 62.7 Å². The first-order chi connectivity index (χ1) is 17.8. The van der Waals surface area contributed by atoms with Crippen molar-refractivity contribution in [2.45, 2.75) is 51.0 Å². The predicted octanol–water partition coefficient (Wildman–Crippen LogP) is 6.09. The predicted molar refractivity (Wildman–Crippen MR) is 145 cm³/mol. The zero-order valence-corrected chi connectivity index (χ0v) is 23.2. The van der Waals surface area contributed by atoms with E-state index in [2.05, 4.69) is 4.98 Å². The van der Waals surface area contributed by atoms with E-state index in [-0.39, 0.29) is 41.6 Å². The lowest BCUT2D eigenvalue weighted by molar-refractivity contribution is -0.143. The number of benzene rings is 1. The molecule has 37 heavy (non-hydrogen) atoms. The molecule has 2 aromatic rings. The fourth-order valence-corrected chi connectivity index (χ4v) is 6.23. The van der Waals surface area contributed by atoms with E-state index in [9.17, 15) is 9.59 Å². The molecule has 2 amide bonds. The highest BCUT2D eigenvalue weighted by molar-refractivity contribution is 6.42. The van der Waals surface area contributed by atoms with E-state index >= 15 is 0 Å². The minimum atomic E-state index is -0.201. The lowest BCUT2D eigenvalue weighted by Crippen LogP contribution is -2.46. The largest absolute Gasteiger partial charge is 0.474 e. The zero-order chi connectivity index (χ0) is 26.1. The molecule has 1 aromatic heterocycles. The fourth-order valence-electron chi connectivity index (χ4n) is 5.81. The summed E-state index contributed by atoms with van der Waals surface area (Å²) in [5, 5.41) is 1.55. The summed E-state index contributed by atoms with van der Waals surface area (Å²) in [4.78, 5) is 34.5. The van der Waals surface area contributed by atoms with Gasteiger partial charge in [-0.05, 0) is 56.4 Å². The standard InChI is InChI=1S/C28H32Cl3N3O3/c1-17(37-26-8-6-21(29)14-32-26)22-15-34(16-23(22)20-5-7-24(30)25(31)13-20)28(36)19-9-11-33(12-10-19)27(35)18-3-2-4-18/h5-8,13-14,17-19,22-23H,2-4,9-12,15-16H2,1H3. The normalized spacial score (nSPS) is 23.6. The number of amides is 2. The van der Waals surface area contributed by atoms with Crippen LogP contribution in [0, 0.1) is 17.8 Å². The van der Waals surface area contributed by atoms with Crippen molar-refractivity contribution in [2.24, 2.45) is 17.8 Å². The highest BCUT2D eigenvalue weighted by atomic mass is 35.5. The molecule has 2 aliphatic heterocycles. The molecular weight excluding hydrogens is 533 g/mol. The molecule has 3 atom stereocenters. The van der Waals surface area contributed by atoms with E-state index < -0.39 is 0 Å². The number of pyridine rings is 1. The molecule has 9 heteroatoms. The maximum atomic E-state index is 13.6. The SMILES string of the molecule is CC(Oc1ccc(Cl)cn1)C1CN(C(=O)C2CCN(C(=O)C3CCC3)CC2)CC1c1ccc(Cl)c(Cl)c1. The maximum Gasteiger partial charge on any atom is 0.225 e. The third kappa shape index (κ3) is 5.86. The summed E-state index contributed by atoms with van der Waals surface area (Å²) in [5.74, 6) is 1.17. The van der Waals surface area contributed by atoms with Gasteiger partial charge in [0, 0.05) is 62.1 Å². The van der Waals surface area contributed by atoms with E-state index in [0.29, 0.717) is 47.1 Å². The molecule has 1 aromatic carbocycles. The van der Waals surface area contributed by atoms with E-state index in [1.54, 1.807) is 18.3 Å². The second kappa shape index (κ2) is 11.4. The van der Waals surface area contributed by atoms with Crippen molar-refractivity contribution < 1.29 is 14.3 Å². The number of hydrogen-bond donors (Lipinski definition) is 0. The van der Waals surface area contributed by atoms with Crippen LogP contribution < -0.4 is 4.74 Å². The lowest BCUT2D eigenvalue weighted by Gasteiger charge is -2.37. The van der Waals surface area contributed by atoms with Gasteiger partial charge in [0.2, 0.25) is 17.7 Å². The van der Waals surface area contributed by atoms with Gasteiger partial charge in [0.15, 0.2) is 0 Å². The fraction of sp³-hybridized carbons (Fsp3) is 0.536. The number of halogens is 3. The van der Waals surface area contributed by atoms with Crippen molar-refractivity contribution in [3.8, 4) is 5.88 Å². The number of carbonyl (C=O) groups excluding carboxylic acids is 2. The van der Waals surface area contributed by atoms with Gasteiger partial charge >= 0.3 is 0 Å². The number of likely N-dealkylation sites (tertiary alicyclic amines) is 2. The summed E-state index contributed by atoms with van der Waals surface area (Å²) in [6.45, 7) is 4.52. The highest BCUT2D eigenvalue weighted by Gasteiger charge is 2.43. The van der Waals surface area contributed by atoms with Gasteiger partial charge < -0.3 is 14.5 Å². The van der Waals surface area contributed by atoms with Crippen LogP contribution in [0.15, 0.2) is 36.5 Å². The molecule has 0 spiro atoms. The minimum Gasteiger partial charge on any atom is -0.474 e. The average Bonchev–Trinajstić information content (AvgIpc) is 3.31. The quantitative estimate of drug-likeness (QED) is 0.426. The Hall–Kier alpha value is -2.02. The number of aromatic nitrogens is 1. The third-order valence-electron chi connectivity index (χ3n) is 8.27. The number of piperidine rings is 1. The lowest BCUT2D eigenvalue weighted by atomic mass is 9.83. The summed E-state index contributed by atoms with van der Waals surface area (Å²) in [6, 6.07) is 9.19. The van der Waals surface area contributed by atoms with Crippen molar-refractivity contribution in [2.75, 3.05) is 26.2 Å². The summed E-state index contributed by atoms with van der Waals surface area (Å²) in [5.41, 5.74) is 1.04. The van der Waals surface area contributed by atoms with Gasteiger partial charge in [-0.2, -0.15) is 0 Å². The number of carbonyl (C=O) groups is 2. The molecule has 0 bridgehead atoms. The minimum absolute atomic E-state index is 0.0407. The molecule has 3 heterocycles. The average molecular weight is 565 g/mol. The van der Waals surface area contributed by atoms with Crippen molar-refractivity contribution in [1.82, 2.24) is 14.8 Å². The summed E-state index contributed by atoms with van der Waals surface area (Å²) in [6.07, 6.45) is 5.97. The Morgan fingerprint density at radius 2 is 1.62 bits per heavy atom. The van der Waals surface area contributed by atoms with E-state index in [0.717, 1.165) is 37.7 Å². The number of ether oxygens (including phenoxy) is 1. The van der Waals surface area contributed by atoms with Crippen molar-refractivity contribution in [3.05, 3.63) is 57.2 Å². The van der Waals surface area contributed by atoms with Crippen molar-refractivity contribution >= 4 is 46.6 Å². The van der Waals surface area contributed by atoms with Crippen LogP contribution in [0.1, 0.15) is 50.5 Å². The Balaban J connectivity index is 1.28. The van der Waals surface area contributed by atoms with Gasteiger partial charge in [0.1, 0.15) is 6.10 Å². The van der Waals surface area contributed by atoms with Gasteiger partial charge in [-0.15, -0.1) is 0 Å². The van der Waals surface area contributed by atoms with E-state index in [1.165, 1.54) is 0 Å². The Bertz CT molecular complexity index is 1130. The van der Waals surface area contributed by atoms with Crippen LogP contribution in [0.5, 0.6) is 5.88 Å². The van der Waals surface area contributed by atoms with E-state index in [1.807, 2.05) is 34.9 Å². The monoisotopic (exact) mass is 563 g/mol. The number of nitrogens with zero attached hydrogens (tertiary/aromatic N) is 3. The van der Waals surface area contributed by atoms with Crippen LogP contribution in [-0.4, -0.2) is 58.9 Å². The Morgan fingerprint density at radius 1 is 0.919 bits per heavy atom. The molecule has 198 valence electrons.